The van der Waals surface area contributed by atoms with Gasteiger partial charge in [0.25, 0.3) is 0 Å². The zero-order valence-electron chi connectivity index (χ0n) is 7.96. The van der Waals surface area contributed by atoms with E-state index in [0.29, 0.717) is 13.1 Å². The van der Waals surface area contributed by atoms with Gasteiger partial charge in [-0.05, 0) is 13.8 Å². The number of nitrogens with two attached hydrogens (primary N) is 1. The topological polar surface area (TPSA) is 75.4 Å². The molecule has 1 rings (SSSR count). The summed E-state index contributed by atoms with van der Waals surface area (Å²) >= 11 is 0. The Morgan fingerprint density at radius 2 is 2.23 bits per heavy atom. The van der Waals surface area contributed by atoms with Crippen molar-refractivity contribution in [1.82, 2.24) is 10.2 Å². The summed E-state index contributed by atoms with van der Waals surface area (Å²) in [6, 6.07) is 0. The quantitative estimate of drug-likeness (QED) is 0.560. The maximum absolute atomic E-state index is 11.1. The van der Waals surface area contributed by atoms with Crippen molar-refractivity contribution >= 4 is 11.8 Å². The van der Waals surface area contributed by atoms with Crippen molar-refractivity contribution in [3.63, 3.8) is 0 Å². The fourth-order valence-electron chi connectivity index (χ4n) is 1.27. The molecule has 0 aromatic heterocycles. The predicted molar refractivity (Wildman–Crippen MR) is 47.9 cm³/mol. The monoisotopic (exact) mass is 185 g/mol. The molecule has 5 nitrogen and oxygen atoms in total. The Kier molecular flexibility index (Phi) is 2.56. The van der Waals surface area contributed by atoms with Crippen LogP contribution < -0.4 is 11.1 Å². The van der Waals surface area contributed by atoms with Crippen molar-refractivity contribution < 1.29 is 9.59 Å². The molecular formula is C8H15N3O2. The standard InChI is InChI=1S/C8H15N3O2/c1-8(2,7(9)13)11-4-3-10-6(12)5-11/h3-5H2,1-2H3,(H2,9,13)(H,10,12). The molecule has 1 heterocycles. The molecule has 2 amide bonds. The number of nitrogens with zero attached hydrogens (tertiary/aromatic N) is 1. The van der Waals surface area contributed by atoms with Gasteiger partial charge in [0.2, 0.25) is 11.8 Å². The van der Waals surface area contributed by atoms with Gasteiger partial charge >= 0.3 is 0 Å². The highest BCUT2D eigenvalue weighted by Gasteiger charge is 2.35. The summed E-state index contributed by atoms with van der Waals surface area (Å²) in [5.41, 5.74) is 4.50. The van der Waals surface area contributed by atoms with Gasteiger partial charge < -0.3 is 11.1 Å². The number of amides is 2. The van der Waals surface area contributed by atoms with Gasteiger partial charge in [0.05, 0.1) is 12.1 Å². The molecule has 5 heteroatoms. The van der Waals surface area contributed by atoms with Gasteiger partial charge in [-0.1, -0.05) is 0 Å². The first kappa shape index (κ1) is 9.98. The third-order valence-electron chi connectivity index (χ3n) is 2.43. The first-order valence-corrected chi connectivity index (χ1v) is 4.26. The number of carbonyl (C=O) groups is 2. The highest BCUT2D eigenvalue weighted by molar-refractivity contribution is 5.85. The summed E-state index contributed by atoms with van der Waals surface area (Å²) in [4.78, 5) is 23.9. The van der Waals surface area contributed by atoms with E-state index in [1.54, 1.807) is 18.7 Å². The van der Waals surface area contributed by atoms with Gasteiger partial charge in [0.1, 0.15) is 0 Å². The van der Waals surface area contributed by atoms with Crippen molar-refractivity contribution in [2.45, 2.75) is 19.4 Å². The fourth-order valence-corrected chi connectivity index (χ4v) is 1.27. The van der Waals surface area contributed by atoms with Crippen LogP contribution in [0.1, 0.15) is 13.8 Å². The molecule has 1 fully saturated rings. The lowest BCUT2D eigenvalue weighted by atomic mass is 10.0. The van der Waals surface area contributed by atoms with Crippen molar-refractivity contribution in [1.29, 1.82) is 0 Å². The van der Waals surface area contributed by atoms with E-state index >= 15 is 0 Å². The molecule has 3 N–H and O–H groups in total. The van der Waals surface area contributed by atoms with Crippen LogP contribution >= 0.6 is 0 Å². The summed E-state index contributed by atoms with van der Waals surface area (Å²) in [7, 11) is 0. The maximum atomic E-state index is 11.1. The third-order valence-corrected chi connectivity index (χ3v) is 2.43. The zero-order valence-corrected chi connectivity index (χ0v) is 7.96. The maximum Gasteiger partial charge on any atom is 0.237 e. The Hall–Kier alpha value is -1.10. The Morgan fingerprint density at radius 1 is 1.62 bits per heavy atom. The summed E-state index contributed by atoms with van der Waals surface area (Å²) < 4.78 is 0. The van der Waals surface area contributed by atoms with Crippen LogP contribution in [0.2, 0.25) is 0 Å². The number of nitrogens with one attached hydrogen (secondary N) is 1. The van der Waals surface area contributed by atoms with E-state index in [1.807, 2.05) is 0 Å². The number of primary amides is 1. The van der Waals surface area contributed by atoms with E-state index in [9.17, 15) is 9.59 Å². The van der Waals surface area contributed by atoms with Gasteiger partial charge in [-0.15, -0.1) is 0 Å². The summed E-state index contributed by atoms with van der Waals surface area (Å²) in [6.45, 7) is 4.95. The molecule has 0 radical (unpaired) electrons. The zero-order chi connectivity index (χ0) is 10.1. The van der Waals surface area contributed by atoms with Crippen LogP contribution in [0.25, 0.3) is 0 Å². The normalized spacial score (nSPS) is 19.7. The number of carbonyl (C=O) groups excluding carboxylic acids is 2. The molecule has 0 unspecified atom stereocenters. The second-order valence-corrected chi connectivity index (χ2v) is 3.69. The summed E-state index contributed by atoms with van der Waals surface area (Å²) in [5.74, 6) is -0.456. The van der Waals surface area contributed by atoms with E-state index in [-0.39, 0.29) is 12.5 Å². The molecule has 0 bridgehead atoms. The second-order valence-electron chi connectivity index (χ2n) is 3.69. The third kappa shape index (κ3) is 1.98. The molecule has 0 aromatic carbocycles. The highest BCUT2D eigenvalue weighted by Crippen LogP contribution is 2.14. The minimum atomic E-state index is -0.738. The average Bonchev–Trinajstić information content (AvgIpc) is 2.04. The Balaban J connectivity index is 2.70. The van der Waals surface area contributed by atoms with Crippen LogP contribution in [0.5, 0.6) is 0 Å². The van der Waals surface area contributed by atoms with Gasteiger partial charge in [0, 0.05) is 13.1 Å². The molecule has 0 atom stereocenters. The minimum Gasteiger partial charge on any atom is -0.368 e. The van der Waals surface area contributed by atoms with Gasteiger partial charge in [-0.25, -0.2) is 0 Å². The number of piperazine rings is 1. The lowest BCUT2D eigenvalue weighted by Gasteiger charge is -2.37. The smallest absolute Gasteiger partial charge is 0.237 e. The first-order chi connectivity index (χ1) is 5.94. The van der Waals surface area contributed by atoms with Crippen LogP contribution in [0.3, 0.4) is 0 Å². The highest BCUT2D eigenvalue weighted by atomic mass is 16.2. The van der Waals surface area contributed by atoms with Crippen molar-refractivity contribution in [2.75, 3.05) is 19.6 Å². The predicted octanol–water partition coefficient (Wildman–Crippen LogP) is -1.32. The SMILES string of the molecule is CC(C)(C(N)=O)N1CCNC(=O)C1. The molecule has 0 aliphatic carbocycles. The van der Waals surface area contributed by atoms with Crippen molar-refractivity contribution in [3.05, 3.63) is 0 Å². The van der Waals surface area contributed by atoms with E-state index in [4.69, 9.17) is 5.73 Å². The lowest BCUT2D eigenvalue weighted by Crippen LogP contribution is -2.60. The van der Waals surface area contributed by atoms with E-state index in [2.05, 4.69) is 5.32 Å². The molecule has 1 aliphatic heterocycles. The van der Waals surface area contributed by atoms with E-state index in [0.717, 1.165) is 0 Å². The van der Waals surface area contributed by atoms with E-state index < -0.39 is 11.4 Å². The van der Waals surface area contributed by atoms with E-state index in [1.165, 1.54) is 0 Å². The number of rotatable bonds is 2. The number of hydrogen-bond acceptors (Lipinski definition) is 3. The summed E-state index contributed by atoms with van der Waals surface area (Å²) in [5, 5.41) is 2.69. The second kappa shape index (κ2) is 3.33. The van der Waals surface area contributed by atoms with Gasteiger partial charge in [0.15, 0.2) is 0 Å². The first-order valence-electron chi connectivity index (χ1n) is 4.26. The van der Waals surface area contributed by atoms with Crippen LogP contribution in [-0.4, -0.2) is 41.9 Å². The molecule has 74 valence electrons. The summed E-state index contributed by atoms with van der Waals surface area (Å²) in [6.07, 6.45) is 0. The van der Waals surface area contributed by atoms with Crippen LogP contribution in [0, 0.1) is 0 Å². The average molecular weight is 185 g/mol. The minimum absolute atomic E-state index is 0.0550. The van der Waals surface area contributed by atoms with Crippen molar-refractivity contribution in [2.24, 2.45) is 5.73 Å². The number of hydrogen-bond donors (Lipinski definition) is 2. The molecule has 0 aromatic rings. The van der Waals surface area contributed by atoms with Crippen LogP contribution in [0.4, 0.5) is 0 Å². The molecule has 1 aliphatic rings. The van der Waals surface area contributed by atoms with Crippen molar-refractivity contribution in [3.8, 4) is 0 Å². The van der Waals surface area contributed by atoms with Gasteiger partial charge in [-0.3, -0.25) is 14.5 Å². The molecule has 0 saturated carbocycles. The largest absolute Gasteiger partial charge is 0.368 e. The Morgan fingerprint density at radius 3 is 2.69 bits per heavy atom. The Bertz CT molecular complexity index is 238. The lowest BCUT2D eigenvalue weighted by molar-refractivity contribution is -0.133. The molecular weight excluding hydrogens is 170 g/mol. The Labute approximate surface area is 77.3 Å². The molecule has 13 heavy (non-hydrogen) atoms. The molecule has 1 saturated heterocycles. The van der Waals surface area contributed by atoms with Crippen LogP contribution in [-0.2, 0) is 9.59 Å². The fraction of sp³-hybridized carbons (Fsp3) is 0.750. The molecule has 0 spiro atoms. The van der Waals surface area contributed by atoms with Gasteiger partial charge in [-0.2, -0.15) is 0 Å². The van der Waals surface area contributed by atoms with Crippen LogP contribution in [0.15, 0.2) is 0 Å².